The first-order chi connectivity index (χ1) is 7.25. The van der Waals surface area contributed by atoms with Gasteiger partial charge in [-0.2, -0.15) is 0 Å². The van der Waals surface area contributed by atoms with Crippen LogP contribution in [0.5, 0.6) is 0 Å². The number of aromatic amines is 1. The number of nitrogens with zero attached hydrogens (tertiary/aromatic N) is 2. The van der Waals surface area contributed by atoms with Crippen molar-refractivity contribution in [2.24, 2.45) is 0 Å². The van der Waals surface area contributed by atoms with Gasteiger partial charge in [0.05, 0.1) is 0 Å². The third-order valence-corrected chi connectivity index (χ3v) is 3.02. The summed E-state index contributed by atoms with van der Waals surface area (Å²) in [4.78, 5) is 10.2. The van der Waals surface area contributed by atoms with Crippen molar-refractivity contribution in [3.63, 3.8) is 0 Å². The first-order valence-electron chi connectivity index (χ1n) is 5.71. The Kier molecular flexibility index (Phi) is 3.38. The Morgan fingerprint density at radius 3 is 2.80 bits per heavy atom. The molecule has 1 aliphatic heterocycles. The van der Waals surface area contributed by atoms with Gasteiger partial charge in [0.1, 0.15) is 5.82 Å². The molecule has 1 fully saturated rings. The Labute approximate surface area is 91.1 Å². The SMILES string of the molecule is Cc1cnc(CC(C)N2CCNCC2)[nH]1. The number of imidazole rings is 1. The molecule has 4 nitrogen and oxygen atoms in total. The molecular weight excluding hydrogens is 188 g/mol. The normalized spacial score (nSPS) is 20.4. The van der Waals surface area contributed by atoms with E-state index < -0.39 is 0 Å². The van der Waals surface area contributed by atoms with Gasteiger partial charge in [0.2, 0.25) is 0 Å². The molecule has 0 spiro atoms. The summed E-state index contributed by atoms with van der Waals surface area (Å²) in [6, 6.07) is 0.581. The predicted octanol–water partition coefficient (Wildman–Crippen LogP) is 0.554. The second kappa shape index (κ2) is 4.77. The highest BCUT2D eigenvalue weighted by Crippen LogP contribution is 2.07. The second-order valence-electron chi connectivity index (χ2n) is 4.35. The van der Waals surface area contributed by atoms with Crippen LogP contribution >= 0.6 is 0 Å². The molecule has 1 aromatic rings. The number of hydrogen-bond donors (Lipinski definition) is 2. The van der Waals surface area contributed by atoms with Crippen LogP contribution in [0.25, 0.3) is 0 Å². The number of piperazine rings is 1. The molecule has 84 valence electrons. The fourth-order valence-corrected chi connectivity index (χ4v) is 2.10. The minimum Gasteiger partial charge on any atom is -0.346 e. The van der Waals surface area contributed by atoms with Crippen molar-refractivity contribution < 1.29 is 0 Å². The van der Waals surface area contributed by atoms with Crippen LogP contribution in [-0.2, 0) is 6.42 Å². The van der Waals surface area contributed by atoms with Crippen LogP contribution in [0.2, 0.25) is 0 Å². The Bertz CT molecular complexity index is 301. The molecule has 0 aromatic carbocycles. The summed E-state index contributed by atoms with van der Waals surface area (Å²) < 4.78 is 0. The van der Waals surface area contributed by atoms with Crippen LogP contribution in [0.1, 0.15) is 18.4 Å². The maximum absolute atomic E-state index is 4.35. The lowest BCUT2D eigenvalue weighted by Gasteiger charge is -2.32. The van der Waals surface area contributed by atoms with Gasteiger partial charge in [0.25, 0.3) is 0 Å². The van der Waals surface area contributed by atoms with Gasteiger partial charge >= 0.3 is 0 Å². The average molecular weight is 208 g/mol. The zero-order valence-corrected chi connectivity index (χ0v) is 9.58. The zero-order chi connectivity index (χ0) is 10.7. The summed E-state index contributed by atoms with van der Waals surface area (Å²) >= 11 is 0. The molecule has 0 aliphatic carbocycles. The summed E-state index contributed by atoms with van der Waals surface area (Å²) in [6.07, 6.45) is 2.92. The number of nitrogens with one attached hydrogen (secondary N) is 2. The van der Waals surface area contributed by atoms with Gasteiger partial charge in [-0.05, 0) is 13.8 Å². The second-order valence-corrected chi connectivity index (χ2v) is 4.35. The predicted molar refractivity (Wildman–Crippen MR) is 60.9 cm³/mol. The summed E-state index contributed by atoms with van der Waals surface area (Å²) in [5, 5.41) is 3.37. The molecule has 15 heavy (non-hydrogen) atoms. The number of H-pyrrole nitrogens is 1. The van der Waals surface area contributed by atoms with E-state index in [0.29, 0.717) is 6.04 Å². The minimum atomic E-state index is 0.581. The van der Waals surface area contributed by atoms with E-state index >= 15 is 0 Å². The summed E-state index contributed by atoms with van der Waals surface area (Å²) in [5.74, 6) is 1.11. The molecular formula is C11H20N4. The molecule has 0 bridgehead atoms. The molecule has 1 unspecified atom stereocenters. The van der Waals surface area contributed by atoms with E-state index in [1.54, 1.807) is 0 Å². The van der Waals surface area contributed by atoms with Crippen LogP contribution in [0.3, 0.4) is 0 Å². The fraction of sp³-hybridized carbons (Fsp3) is 0.727. The molecule has 2 N–H and O–H groups in total. The molecule has 4 heteroatoms. The highest BCUT2D eigenvalue weighted by Gasteiger charge is 2.17. The van der Waals surface area contributed by atoms with Crippen LogP contribution < -0.4 is 5.32 Å². The maximum Gasteiger partial charge on any atom is 0.107 e. The summed E-state index contributed by atoms with van der Waals surface area (Å²) in [7, 11) is 0. The lowest BCUT2D eigenvalue weighted by Crippen LogP contribution is -2.48. The third-order valence-electron chi connectivity index (χ3n) is 3.02. The molecule has 0 radical (unpaired) electrons. The molecule has 1 atom stereocenters. The highest BCUT2D eigenvalue weighted by molar-refractivity contribution is 5.00. The van der Waals surface area contributed by atoms with E-state index in [1.807, 2.05) is 13.1 Å². The van der Waals surface area contributed by atoms with Crippen LogP contribution in [0.4, 0.5) is 0 Å². The maximum atomic E-state index is 4.35. The zero-order valence-electron chi connectivity index (χ0n) is 9.58. The Morgan fingerprint density at radius 2 is 2.20 bits per heavy atom. The van der Waals surface area contributed by atoms with Crippen molar-refractivity contribution >= 4 is 0 Å². The van der Waals surface area contributed by atoms with E-state index in [4.69, 9.17) is 0 Å². The van der Waals surface area contributed by atoms with E-state index in [0.717, 1.165) is 44.1 Å². The molecule has 2 heterocycles. The van der Waals surface area contributed by atoms with Crippen molar-refractivity contribution in [1.82, 2.24) is 20.2 Å². The van der Waals surface area contributed by atoms with E-state index in [1.165, 1.54) is 0 Å². The first kappa shape index (κ1) is 10.6. The van der Waals surface area contributed by atoms with Crippen molar-refractivity contribution in [2.75, 3.05) is 26.2 Å². The number of rotatable bonds is 3. The Morgan fingerprint density at radius 1 is 1.47 bits per heavy atom. The monoisotopic (exact) mass is 208 g/mol. The van der Waals surface area contributed by atoms with Gasteiger partial charge in [0.15, 0.2) is 0 Å². The standard InChI is InChI=1S/C11H20N4/c1-9-8-13-11(14-9)7-10(2)15-5-3-12-4-6-15/h8,10,12H,3-7H2,1-2H3,(H,13,14). The van der Waals surface area contributed by atoms with Gasteiger partial charge in [-0.3, -0.25) is 4.90 Å². The highest BCUT2D eigenvalue weighted by atomic mass is 15.2. The molecule has 1 aliphatic rings. The van der Waals surface area contributed by atoms with Crippen molar-refractivity contribution in [1.29, 1.82) is 0 Å². The van der Waals surface area contributed by atoms with Crippen LogP contribution in [0, 0.1) is 6.92 Å². The minimum absolute atomic E-state index is 0.581. The summed E-state index contributed by atoms with van der Waals surface area (Å²) in [6.45, 7) is 8.86. The largest absolute Gasteiger partial charge is 0.346 e. The van der Waals surface area contributed by atoms with Gasteiger partial charge in [0, 0.05) is 50.5 Å². The van der Waals surface area contributed by atoms with Crippen LogP contribution in [0.15, 0.2) is 6.20 Å². The lowest BCUT2D eigenvalue weighted by molar-refractivity contribution is 0.182. The van der Waals surface area contributed by atoms with Gasteiger partial charge in [-0.1, -0.05) is 0 Å². The third kappa shape index (κ3) is 2.79. The lowest BCUT2D eigenvalue weighted by atomic mass is 10.2. The van der Waals surface area contributed by atoms with Crippen molar-refractivity contribution in [3.8, 4) is 0 Å². The van der Waals surface area contributed by atoms with Gasteiger partial charge < -0.3 is 10.3 Å². The van der Waals surface area contributed by atoms with Gasteiger partial charge in [-0.15, -0.1) is 0 Å². The molecule has 0 saturated carbocycles. The first-order valence-corrected chi connectivity index (χ1v) is 5.71. The Balaban J connectivity index is 1.88. The quantitative estimate of drug-likeness (QED) is 0.762. The smallest absolute Gasteiger partial charge is 0.107 e. The van der Waals surface area contributed by atoms with Crippen molar-refractivity contribution in [3.05, 3.63) is 17.7 Å². The van der Waals surface area contributed by atoms with Crippen LogP contribution in [-0.4, -0.2) is 47.1 Å². The Hall–Kier alpha value is -0.870. The molecule has 2 rings (SSSR count). The number of hydrogen-bond acceptors (Lipinski definition) is 3. The fourth-order valence-electron chi connectivity index (χ4n) is 2.10. The molecule has 0 amide bonds. The summed E-state index contributed by atoms with van der Waals surface area (Å²) in [5.41, 5.74) is 1.15. The topological polar surface area (TPSA) is 44.0 Å². The van der Waals surface area contributed by atoms with E-state index in [2.05, 4.69) is 27.1 Å². The van der Waals surface area contributed by atoms with E-state index in [9.17, 15) is 0 Å². The number of aryl methyl sites for hydroxylation is 1. The molecule has 1 aromatic heterocycles. The van der Waals surface area contributed by atoms with Crippen molar-refractivity contribution in [2.45, 2.75) is 26.3 Å². The van der Waals surface area contributed by atoms with E-state index in [-0.39, 0.29) is 0 Å². The molecule has 1 saturated heterocycles. The van der Waals surface area contributed by atoms with Gasteiger partial charge in [-0.25, -0.2) is 4.98 Å². The number of aromatic nitrogens is 2. The average Bonchev–Trinajstić information content (AvgIpc) is 2.65.